The molecule has 1 saturated heterocycles. The minimum absolute atomic E-state index is 0.125. The number of nitrogens with zero attached hydrogens (tertiary/aromatic N) is 1. The molecule has 1 N–H and O–H groups in total. The topological polar surface area (TPSA) is 62.6 Å². The van der Waals surface area contributed by atoms with Crippen LogP contribution in [0, 0.1) is 11.8 Å². The molecule has 146 valence electrons. The number of hydrogen-bond acceptors (Lipinski definition) is 4. The third kappa shape index (κ3) is 3.01. The molecule has 2 fully saturated rings. The van der Waals surface area contributed by atoms with Crippen molar-refractivity contribution in [3.8, 4) is 0 Å². The summed E-state index contributed by atoms with van der Waals surface area (Å²) in [6.07, 6.45) is 1.18. The average molecular weight is 397 g/mol. The van der Waals surface area contributed by atoms with Crippen LogP contribution in [-0.2, 0) is 22.0 Å². The number of fused-ring (bicyclic) bond motifs is 2. The van der Waals surface area contributed by atoms with E-state index in [1.807, 2.05) is 30.3 Å². The van der Waals surface area contributed by atoms with E-state index in [0.717, 1.165) is 36.4 Å². The van der Waals surface area contributed by atoms with Gasteiger partial charge in [0.1, 0.15) is 11.3 Å². The predicted octanol–water partition coefficient (Wildman–Crippen LogP) is 3.82. The van der Waals surface area contributed by atoms with Crippen LogP contribution in [0.25, 0.3) is 11.0 Å². The van der Waals surface area contributed by atoms with Crippen LogP contribution in [0.15, 0.2) is 59.0 Å². The van der Waals surface area contributed by atoms with Gasteiger partial charge in [0.25, 0.3) is 0 Å². The summed E-state index contributed by atoms with van der Waals surface area (Å²) in [4.78, 5) is 2.47. The number of hydrogen-bond donors (Lipinski definition) is 1. The van der Waals surface area contributed by atoms with Crippen LogP contribution >= 0.6 is 0 Å². The summed E-state index contributed by atoms with van der Waals surface area (Å²) in [5.41, 5.74) is 2.94. The third-order valence-corrected chi connectivity index (χ3v) is 7.08. The normalized spacial score (nSPS) is 27.1. The van der Waals surface area contributed by atoms with E-state index in [9.17, 15) is 8.42 Å². The predicted molar refractivity (Wildman–Crippen MR) is 111 cm³/mol. The molecular formula is C22H24N2O3S. The van der Waals surface area contributed by atoms with E-state index in [1.54, 1.807) is 6.07 Å². The second-order valence-corrected chi connectivity index (χ2v) is 10.1. The van der Waals surface area contributed by atoms with Gasteiger partial charge >= 0.3 is 0 Å². The Hall–Kier alpha value is -2.31. The molecule has 5 rings (SSSR count). The van der Waals surface area contributed by atoms with Gasteiger partial charge in [0.15, 0.2) is 0 Å². The summed E-state index contributed by atoms with van der Waals surface area (Å²) in [6.45, 7) is 5.23. The molecule has 1 aromatic heterocycles. The summed E-state index contributed by atoms with van der Waals surface area (Å²) >= 11 is 0. The number of furan rings is 1. The molecule has 3 aromatic rings. The Kier molecular flexibility index (Phi) is 3.87. The first kappa shape index (κ1) is 17.8. The maximum Gasteiger partial charge on any atom is 0.229 e. The largest absolute Gasteiger partial charge is 0.460 e. The smallest absolute Gasteiger partial charge is 0.229 e. The summed E-state index contributed by atoms with van der Waals surface area (Å²) in [7, 11) is -3.26. The standard InChI is InChI=1S/C22H24N2O3S/c1-22(16-7-5-8-17(11-16)23-28(2,25)26)19-13-24(14-20(19)22)12-18-10-15-6-3-4-9-21(15)27-18/h3-11,19-20,23H,12-14H2,1-2H3. The van der Waals surface area contributed by atoms with Crippen molar-refractivity contribution in [1.29, 1.82) is 0 Å². The maximum absolute atomic E-state index is 11.5. The molecule has 2 atom stereocenters. The number of benzene rings is 2. The molecule has 1 aliphatic carbocycles. The molecule has 5 nitrogen and oxygen atoms in total. The van der Waals surface area contributed by atoms with E-state index in [2.05, 4.69) is 34.7 Å². The quantitative estimate of drug-likeness (QED) is 0.712. The van der Waals surface area contributed by atoms with Crippen molar-refractivity contribution >= 4 is 26.7 Å². The van der Waals surface area contributed by atoms with Gasteiger partial charge in [-0.15, -0.1) is 0 Å². The first-order chi connectivity index (χ1) is 13.3. The van der Waals surface area contributed by atoms with Gasteiger partial charge in [0.2, 0.25) is 10.0 Å². The first-order valence-electron chi connectivity index (χ1n) is 9.61. The highest BCUT2D eigenvalue weighted by atomic mass is 32.2. The minimum atomic E-state index is -3.26. The highest BCUT2D eigenvalue weighted by Crippen LogP contribution is 2.63. The summed E-state index contributed by atoms with van der Waals surface area (Å²) in [5, 5.41) is 1.15. The molecule has 1 saturated carbocycles. The maximum atomic E-state index is 11.5. The van der Waals surface area contributed by atoms with Gasteiger partial charge in [0.05, 0.1) is 12.8 Å². The van der Waals surface area contributed by atoms with E-state index in [0.29, 0.717) is 17.5 Å². The Bertz CT molecular complexity index is 1110. The van der Waals surface area contributed by atoms with Crippen molar-refractivity contribution < 1.29 is 12.8 Å². The van der Waals surface area contributed by atoms with E-state index in [1.165, 1.54) is 11.8 Å². The number of anilines is 1. The minimum Gasteiger partial charge on any atom is -0.460 e. The Labute approximate surface area is 165 Å². The number of para-hydroxylation sites is 1. The van der Waals surface area contributed by atoms with Gasteiger partial charge in [-0.1, -0.05) is 37.3 Å². The van der Waals surface area contributed by atoms with Gasteiger partial charge in [-0.3, -0.25) is 9.62 Å². The van der Waals surface area contributed by atoms with Crippen LogP contribution in [0.2, 0.25) is 0 Å². The lowest BCUT2D eigenvalue weighted by Gasteiger charge is -2.24. The summed E-state index contributed by atoms with van der Waals surface area (Å²) in [5.74, 6) is 2.22. The van der Waals surface area contributed by atoms with Crippen molar-refractivity contribution in [3.05, 3.63) is 65.9 Å². The zero-order valence-electron chi connectivity index (χ0n) is 16.1. The fourth-order valence-corrected chi connectivity index (χ4v) is 5.54. The molecule has 2 unspecified atom stereocenters. The molecule has 0 radical (unpaired) electrons. The van der Waals surface area contributed by atoms with Crippen LogP contribution in [0.4, 0.5) is 5.69 Å². The van der Waals surface area contributed by atoms with E-state index < -0.39 is 10.0 Å². The Morgan fingerprint density at radius 1 is 1.11 bits per heavy atom. The second-order valence-electron chi connectivity index (χ2n) is 8.40. The molecule has 6 heteroatoms. The van der Waals surface area contributed by atoms with Gasteiger partial charge < -0.3 is 4.42 Å². The fourth-order valence-electron chi connectivity index (χ4n) is 4.99. The van der Waals surface area contributed by atoms with Gasteiger partial charge in [-0.05, 0) is 41.7 Å². The monoisotopic (exact) mass is 396 g/mol. The summed E-state index contributed by atoms with van der Waals surface area (Å²) in [6, 6.07) is 18.1. The highest BCUT2D eigenvalue weighted by molar-refractivity contribution is 7.92. The average Bonchev–Trinajstić information content (AvgIpc) is 2.99. The second kappa shape index (κ2) is 6.09. The lowest BCUT2D eigenvalue weighted by molar-refractivity contribution is 0.251. The van der Waals surface area contributed by atoms with E-state index in [4.69, 9.17) is 4.42 Å². The fraction of sp³-hybridized carbons (Fsp3) is 0.364. The molecular weight excluding hydrogens is 372 g/mol. The molecule has 0 bridgehead atoms. The summed E-state index contributed by atoms with van der Waals surface area (Å²) < 4.78 is 31.6. The van der Waals surface area contributed by atoms with Crippen molar-refractivity contribution in [2.24, 2.45) is 11.8 Å². The number of rotatable bonds is 5. The Morgan fingerprint density at radius 2 is 1.86 bits per heavy atom. The van der Waals surface area contributed by atoms with E-state index in [-0.39, 0.29) is 5.41 Å². The van der Waals surface area contributed by atoms with Crippen molar-refractivity contribution in [3.63, 3.8) is 0 Å². The molecule has 0 spiro atoms. The number of likely N-dealkylation sites (tertiary alicyclic amines) is 1. The molecule has 0 amide bonds. The first-order valence-corrected chi connectivity index (χ1v) is 11.5. The number of piperidine rings is 1. The molecule has 2 heterocycles. The van der Waals surface area contributed by atoms with Gasteiger partial charge in [-0.2, -0.15) is 0 Å². The van der Waals surface area contributed by atoms with Crippen LogP contribution in [0.3, 0.4) is 0 Å². The zero-order chi connectivity index (χ0) is 19.5. The van der Waals surface area contributed by atoms with Crippen LogP contribution < -0.4 is 4.72 Å². The molecule has 2 aliphatic rings. The Balaban J connectivity index is 1.28. The van der Waals surface area contributed by atoms with Gasteiger partial charge in [0, 0.05) is 29.6 Å². The number of sulfonamides is 1. The lowest BCUT2D eigenvalue weighted by atomic mass is 9.92. The van der Waals surface area contributed by atoms with Crippen LogP contribution in [0.1, 0.15) is 18.2 Å². The Morgan fingerprint density at radius 3 is 2.57 bits per heavy atom. The zero-order valence-corrected chi connectivity index (χ0v) is 16.9. The SMILES string of the molecule is CC1(c2cccc(NS(C)(=O)=O)c2)C2CN(Cc3cc4ccccc4o3)CC21. The molecule has 1 aliphatic heterocycles. The number of nitrogens with one attached hydrogen (secondary N) is 1. The van der Waals surface area contributed by atoms with Gasteiger partial charge in [-0.25, -0.2) is 8.42 Å². The van der Waals surface area contributed by atoms with Crippen LogP contribution in [0.5, 0.6) is 0 Å². The molecule has 2 aromatic carbocycles. The lowest BCUT2D eigenvalue weighted by Crippen LogP contribution is -2.28. The van der Waals surface area contributed by atoms with Crippen molar-refractivity contribution in [2.45, 2.75) is 18.9 Å². The van der Waals surface area contributed by atoms with E-state index >= 15 is 0 Å². The molecule has 28 heavy (non-hydrogen) atoms. The van der Waals surface area contributed by atoms with Crippen LogP contribution in [-0.4, -0.2) is 32.7 Å². The van der Waals surface area contributed by atoms with Crippen molar-refractivity contribution in [1.82, 2.24) is 4.90 Å². The third-order valence-electron chi connectivity index (χ3n) is 6.47. The van der Waals surface area contributed by atoms with Crippen molar-refractivity contribution in [2.75, 3.05) is 24.1 Å². The highest BCUT2D eigenvalue weighted by Gasteiger charge is 2.65.